The standard InChI is InChI=1S/C17H13BrFNO/c1-10-3-4-12(7-11(10)2)14(9-20)17(21)13-5-6-15(18)16(19)8-13/h3-8,14H,1-2H3. The van der Waals surface area contributed by atoms with E-state index >= 15 is 0 Å². The Balaban J connectivity index is 2.41. The number of carbonyl (C=O) groups is 1. The molecule has 2 aromatic carbocycles. The Morgan fingerprint density at radius 3 is 2.48 bits per heavy atom. The van der Waals surface area contributed by atoms with E-state index in [0.29, 0.717) is 10.0 Å². The van der Waals surface area contributed by atoms with E-state index < -0.39 is 17.5 Å². The van der Waals surface area contributed by atoms with Gasteiger partial charge in [0.25, 0.3) is 0 Å². The number of nitriles is 1. The zero-order valence-electron chi connectivity index (χ0n) is 11.7. The molecule has 0 heterocycles. The van der Waals surface area contributed by atoms with Crippen LogP contribution < -0.4 is 0 Å². The molecule has 0 radical (unpaired) electrons. The van der Waals surface area contributed by atoms with Crippen molar-refractivity contribution in [2.45, 2.75) is 19.8 Å². The molecule has 0 N–H and O–H groups in total. The molecule has 1 unspecified atom stereocenters. The lowest BCUT2D eigenvalue weighted by molar-refractivity contribution is 0.0978. The second-order valence-corrected chi connectivity index (χ2v) is 5.75. The van der Waals surface area contributed by atoms with Gasteiger partial charge in [-0.25, -0.2) is 4.39 Å². The minimum atomic E-state index is -0.926. The van der Waals surface area contributed by atoms with Crippen LogP contribution >= 0.6 is 15.9 Å². The predicted molar refractivity (Wildman–Crippen MR) is 82.7 cm³/mol. The molecule has 4 heteroatoms. The van der Waals surface area contributed by atoms with Crippen molar-refractivity contribution in [3.05, 3.63) is 68.9 Å². The van der Waals surface area contributed by atoms with Crippen LogP contribution in [0.15, 0.2) is 40.9 Å². The smallest absolute Gasteiger partial charge is 0.184 e. The molecular weight excluding hydrogens is 333 g/mol. The van der Waals surface area contributed by atoms with Crippen LogP contribution in [0.4, 0.5) is 4.39 Å². The monoisotopic (exact) mass is 345 g/mol. The van der Waals surface area contributed by atoms with Gasteiger partial charge in [-0.2, -0.15) is 5.26 Å². The minimum Gasteiger partial charge on any atom is -0.292 e. The SMILES string of the molecule is Cc1ccc(C(C#N)C(=O)c2ccc(Br)c(F)c2)cc1C. The van der Waals surface area contributed by atoms with Crippen molar-refractivity contribution in [3.63, 3.8) is 0 Å². The van der Waals surface area contributed by atoms with Crippen LogP contribution in [0.2, 0.25) is 0 Å². The highest BCUT2D eigenvalue weighted by Gasteiger charge is 2.22. The van der Waals surface area contributed by atoms with Gasteiger partial charge < -0.3 is 0 Å². The Labute approximate surface area is 131 Å². The van der Waals surface area contributed by atoms with E-state index in [1.165, 1.54) is 12.1 Å². The number of hydrogen-bond donors (Lipinski definition) is 0. The molecule has 0 aliphatic rings. The van der Waals surface area contributed by atoms with Crippen molar-refractivity contribution < 1.29 is 9.18 Å². The Kier molecular flexibility index (Phi) is 4.54. The Morgan fingerprint density at radius 2 is 1.90 bits per heavy atom. The first-order valence-corrected chi connectivity index (χ1v) is 7.19. The van der Waals surface area contributed by atoms with E-state index in [-0.39, 0.29) is 5.56 Å². The van der Waals surface area contributed by atoms with Gasteiger partial charge in [0.2, 0.25) is 0 Å². The van der Waals surface area contributed by atoms with Gasteiger partial charge in [0.15, 0.2) is 5.78 Å². The summed E-state index contributed by atoms with van der Waals surface area (Å²) in [5.74, 6) is -1.84. The molecule has 106 valence electrons. The molecule has 0 fully saturated rings. The van der Waals surface area contributed by atoms with Crippen LogP contribution in [-0.4, -0.2) is 5.78 Å². The van der Waals surface area contributed by atoms with E-state index in [9.17, 15) is 14.4 Å². The van der Waals surface area contributed by atoms with Crippen LogP contribution in [0.3, 0.4) is 0 Å². The summed E-state index contributed by atoms with van der Waals surface area (Å²) in [5.41, 5.74) is 2.94. The lowest BCUT2D eigenvalue weighted by atomic mass is 9.90. The molecule has 0 aliphatic heterocycles. The normalized spacial score (nSPS) is 11.8. The maximum Gasteiger partial charge on any atom is 0.184 e. The molecule has 2 rings (SSSR count). The van der Waals surface area contributed by atoms with Crippen molar-refractivity contribution in [1.82, 2.24) is 0 Å². The summed E-state index contributed by atoms with van der Waals surface area (Å²) in [6.07, 6.45) is 0. The third kappa shape index (κ3) is 3.20. The van der Waals surface area contributed by atoms with Crippen LogP contribution in [-0.2, 0) is 0 Å². The molecule has 0 saturated heterocycles. The number of nitrogens with zero attached hydrogens (tertiary/aromatic N) is 1. The molecule has 0 saturated carbocycles. The summed E-state index contributed by atoms with van der Waals surface area (Å²) in [5, 5.41) is 9.32. The number of benzene rings is 2. The minimum absolute atomic E-state index is 0.195. The first kappa shape index (κ1) is 15.4. The molecule has 0 spiro atoms. The fourth-order valence-corrected chi connectivity index (χ4v) is 2.29. The quantitative estimate of drug-likeness (QED) is 0.756. The summed E-state index contributed by atoms with van der Waals surface area (Å²) < 4.78 is 13.8. The van der Waals surface area contributed by atoms with E-state index in [1.807, 2.05) is 32.0 Å². The maximum absolute atomic E-state index is 13.5. The first-order chi connectivity index (χ1) is 9.93. The number of carbonyl (C=O) groups excluding carboxylic acids is 1. The second-order valence-electron chi connectivity index (χ2n) is 4.90. The number of rotatable bonds is 3. The van der Waals surface area contributed by atoms with Crippen molar-refractivity contribution in [3.8, 4) is 6.07 Å². The zero-order chi connectivity index (χ0) is 15.6. The van der Waals surface area contributed by atoms with Crippen molar-refractivity contribution in [2.75, 3.05) is 0 Å². The fraction of sp³-hybridized carbons (Fsp3) is 0.176. The number of Topliss-reactive ketones (excluding diaryl/α,β-unsaturated/α-hetero) is 1. The molecule has 0 amide bonds. The number of hydrogen-bond acceptors (Lipinski definition) is 2. The van der Waals surface area contributed by atoms with E-state index in [2.05, 4.69) is 15.9 Å². The Bertz CT molecular complexity index is 749. The zero-order valence-corrected chi connectivity index (χ0v) is 13.2. The summed E-state index contributed by atoms with van der Waals surface area (Å²) in [7, 11) is 0. The number of ketones is 1. The number of halogens is 2. The molecule has 2 aromatic rings. The van der Waals surface area contributed by atoms with Crippen LogP contribution in [0, 0.1) is 31.0 Å². The first-order valence-electron chi connectivity index (χ1n) is 6.40. The predicted octanol–water partition coefficient (Wildman–Crippen LogP) is 4.70. The fourth-order valence-electron chi connectivity index (χ4n) is 2.04. The van der Waals surface area contributed by atoms with Crippen molar-refractivity contribution in [1.29, 1.82) is 5.26 Å². The Morgan fingerprint density at radius 1 is 1.19 bits per heavy atom. The molecule has 0 bridgehead atoms. The van der Waals surface area contributed by atoms with Gasteiger partial charge in [0, 0.05) is 5.56 Å². The summed E-state index contributed by atoms with van der Waals surface area (Å²) in [4.78, 5) is 12.4. The van der Waals surface area contributed by atoms with E-state index in [4.69, 9.17) is 0 Å². The highest BCUT2D eigenvalue weighted by Crippen LogP contribution is 2.25. The summed E-state index contributed by atoms with van der Waals surface area (Å²) in [6, 6.07) is 11.6. The number of aryl methyl sites for hydroxylation is 2. The second kappa shape index (κ2) is 6.19. The molecule has 0 aromatic heterocycles. The molecule has 21 heavy (non-hydrogen) atoms. The van der Waals surface area contributed by atoms with Gasteiger partial charge in [-0.1, -0.05) is 24.3 Å². The van der Waals surface area contributed by atoms with Gasteiger partial charge in [0.1, 0.15) is 11.7 Å². The molecular formula is C17H13BrFNO. The van der Waals surface area contributed by atoms with Crippen molar-refractivity contribution in [2.24, 2.45) is 0 Å². The van der Waals surface area contributed by atoms with Gasteiger partial charge in [-0.05, 0) is 58.6 Å². The van der Waals surface area contributed by atoms with Gasteiger partial charge in [0.05, 0.1) is 10.5 Å². The molecule has 1 atom stereocenters. The highest BCUT2D eigenvalue weighted by atomic mass is 79.9. The lowest BCUT2D eigenvalue weighted by Crippen LogP contribution is -2.12. The van der Waals surface area contributed by atoms with E-state index in [0.717, 1.165) is 17.2 Å². The van der Waals surface area contributed by atoms with Crippen molar-refractivity contribution >= 4 is 21.7 Å². The van der Waals surface area contributed by atoms with Gasteiger partial charge in [-0.15, -0.1) is 0 Å². The average molecular weight is 346 g/mol. The lowest BCUT2D eigenvalue weighted by Gasteiger charge is -2.11. The van der Waals surface area contributed by atoms with Crippen LogP contribution in [0.5, 0.6) is 0 Å². The van der Waals surface area contributed by atoms with Crippen LogP contribution in [0.25, 0.3) is 0 Å². The maximum atomic E-state index is 13.5. The third-order valence-electron chi connectivity index (χ3n) is 3.46. The van der Waals surface area contributed by atoms with Crippen LogP contribution in [0.1, 0.15) is 33.0 Å². The highest BCUT2D eigenvalue weighted by molar-refractivity contribution is 9.10. The summed E-state index contributed by atoms with van der Waals surface area (Å²) in [6.45, 7) is 3.89. The summed E-state index contributed by atoms with van der Waals surface area (Å²) >= 11 is 3.04. The van der Waals surface area contributed by atoms with E-state index in [1.54, 1.807) is 6.07 Å². The molecule has 2 nitrogen and oxygen atoms in total. The molecule has 0 aliphatic carbocycles. The topological polar surface area (TPSA) is 40.9 Å². The Hall–Kier alpha value is -1.99. The average Bonchev–Trinajstić information content (AvgIpc) is 2.46. The van der Waals surface area contributed by atoms with Gasteiger partial charge in [-0.3, -0.25) is 4.79 Å². The van der Waals surface area contributed by atoms with Gasteiger partial charge >= 0.3 is 0 Å². The third-order valence-corrected chi connectivity index (χ3v) is 4.10. The largest absolute Gasteiger partial charge is 0.292 e.